The van der Waals surface area contributed by atoms with Crippen molar-refractivity contribution < 1.29 is 0 Å². The predicted molar refractivity (Wildman–Crippen MR) is 72.4 cm³/mol. The Labute approximate surface area is 106 Å². The Hall–Kier alpha value is -1.19. The van der Waals surface area contributed by atoms with Crippen molar-refractivity contribution in [3.05, 3.63) is 40.4 Å². The van der Waals surface area contributed by atoms with Crippen molar-refractivity contribution in [3.8, 4) is 10.6 Å². The van der Waals surface area contributed by atoms with E-state index < -0.39 is 0 Å². The zero-order valence-corrected chi connectivity index (χ0v) is 11.0. The summed E-state index contributed by atoms with van der Waals surface area (Å²) in [5, 5.41) is 4.65. The third kappa shape index (κ3) is 2.01. The highest BCUT2D eigenvalue weighted by atomic mass is 32.1. The first-order valence-corrected chi connectivity index (χ1v) is 6.86. The van der Waals surface area contributed by atoms with Gasteiger partial charge in [0.05, 0.1) is 5.69 Å². The van der Waals surface area contributed by atoms with Gasteiger partial charge in [-0.2, -0.15) is 0 Å². The Morgan fingerprint density at radius 1 is 1.41 bits per heavy atom. The van der Waals surface area contributed by atoms with Crippen molar-refractivity contribution in [1.29, 1.82) is 0 Å². The van der Waals surface area contributed by atoms with Gasteiger partial charge in [0.15, 0.2) is 0 Å². The lowest BCUT2D eigenvalue weighted by atomic mass is 10.1. The lowest BCUT2D eigenvalue weighted by Crippen LogP contribution is -2.26. The Morgan fingerprint density at radius 2 is 2.29 bits per heavy atom. The number of aryl methyl sites for hydroxylation is 1. The van der Waals surface area contributed by atoms with E-state index in [1.807, 2.05) is 11.3 Å². The highest BCUT2D eigenvalue weighted by Crippen LogP contribution is 2.34. The molecule has 0 aliphatic carbocycles. The molecule has 2 aromatic rings. The number of rotatable bonds is 1. The molecule has 1 atom stereocenters. The number of hydrogen-bond acceptors (Lipinski definition) is 3. The quantitative estimate of drug-likeness (QED) is 0.832. The molecule has 1 N–H and O–H groups in total. The van der Waals surface area contributed by atoms with E-state index in [-0.39, 0.29) is 0 Å². The standard InChI is InChI=1S/C14H16N2S/c1-9-4-3-5-11(8-9)14-16-12-6-7-15-10(2)13(12)17-14/h3-5,8,10,15H,6-7H2,1-2H3. The summed E-state index contributed by atoms with van der Waals surface area (Å²) < 4.78 is 0. The molecule has 1 aromatic heterocycles. The molecule has 0 spiro atoms. The summed E-state index contributed by atoms with van der Waals surface area (Å²) in [5.74, 6) is 0. The Balaban J connectivity index is 2.05. The number of aromatic nitrogens is 1. The van der Waals surface area contributed by atoms with Crippen molar-refractivity contribution in [3.63, 3.8) is 0 Å². The van der Waals surface area contributed by atoms with E-state index in [1.54, 1.807) is 0 Å². The number of thiazole rings is 1. The van der Waals surface area contributed by atoms with Crippen LogP contribution in [0, 0.1) is 6.92 Å². The molecular weight excluding hydrogens is 228 g/mol. The van der Waals surface area contributed by atoms with Crippen LogP contribution in [0.2, 0.25) is 0 Å². The zero-order chi connectivity index (χ0) is 11.8. The summed E-state index contributed by atoms with van der Waals surface area (Å²) in [6, 6.07) is 9.04. The molecule has 2 nitrogen and oxygen atoms in total. The number of nitrogens with one attached hydrogen (secondary N) is 1. The van der Waals surface area contributed by atoms with E-state index in [0.717, 1.165) is 18.0 Å². The van der Waals surface area contributed by atoms with Crippen LogP contribution in [0.3, 0.4) is 0 Å². The monoisotopic (exact) mass is 244 g/mol. The average Bonchev–Trinajstić information content (AvgIpc) is 2.74. The van der Waals surface area contributed by atoms with E-state index in [4.69, 9.17) is 4.98 Å². The van der Waals surface area contributed by atoms with Crippen molar-refractivity contribution in [2.45, 2.75) is 26.3 Å². The van der Waals surface area contributed by atoms with Crippen LogP contribution >= 0.6 is 11.3 Å². The van der Waals surface area contributed by atoms with Crippen molar-refractivity contribution in [1.82, 2.24) is 10.3 Å². The molecule has 1 aliphatic heterocycles. The summed E-state index contributed by atoms with van der Waals surface area (Å²) in [6.45, 7) is 5.39. The molecule has 0 bridgehead atoms. The molecule has 1 aromatic carbocycles. The van der Waals surface area contributed by atoms with Gasteiger partial charge in [0.25, 0.3) is 0 Å². The van der Waals surface area contributed by atoms with Crippen LogP contribution in [-0.4, -0.2) is 11.5 Å². The number of hydrogen-bond donors (Lipinski definition) is 1. The van der Waals surface area contributed by atoms with E-state index in [2.05, 4.69) is 43.4 Å². The van der Waals surface area contributed by atoms with Gasteiger partial charge >= 0.3 is 0 Å². The second-order valence-corrected chi connectivity index (χ2v) is 5.66. The maximum absolute atomic E-state index is 4.79. The van der Waals surface area contributed by atoms with Gasteiger partial charge in [-0.1, -0.05) is 23.8 Å². The first-order chi connectivity index (χ1) is 8.24. The minimum Gasteiger partial charge on any atom is -0.309 e. The van der Waals surface area contributed by atoms with Crippen LogP contribution in [0.4, 0.5) is 0 Å². The highest BCUT2D eigenvalue weighted by molar-refractivity contribution is 7.15. The lowest BCUT2D eigenvalue weighted by Gasteiger charge is -2.18. The van der Waals surface area contributed by atoms with Gasteiger partial charge in [0.1, 0.15) is 5.01 Å². The number of fused-ring (bicyclic) bond motifs is 1. The third-order valence-electron chi connectivity index (χ3n) is 3.20. The van der Waals surface area contributed by atoms with Crippen LogP contribution in [0.5, 0.6) is 0 Å². The molecule has 17 heavy (non-hydrogen) atoms. The Bertz CT molecular complexity index is 545. The maximum atomic E-state index is 4.79. The van der Waals surface area contributed by atoms with E-state index in [1.165, 1.54) is 21.7 Å². The maximum Gasteiger partial charge on any atom is 0.123 e. The van der Waals surface area contributed by atoms with Gasteiger partial charge in [-0.25, -0.2) is 4.98 Å². The normalized spacial score (nSPS) is 19.1. The van der Waals surface area contributed by atoms with Gasteiger partial charge < -0.3 is 5.32 Å². The summed E-state index contributed by atoms with van der Waals surface area (Å²) in [6.07, 6.45) is 1.06. The highest BCUT2D eigenvalue weighted by Gasteiger charge is 2.21. The molecule has 0 fully saturated rings. The van der Waals surface area contributed by atoms with Gasteiger partial charge in [-0.3, -0.25) is 0 Å². The van der Waals surface area contributed by atoms with E-state index >= 15 is 0 Å². The fraction of sp³-hybridized carbons (Fsp3) is 0.357. The molecule has 3 rings (SSSR count). The molecule has 0 radical (unpaired) electrons. The van der Waals surface area contributed by atoms with Gasteiger partial charge in [-0.05, 0) is 19.9 Å². The first kappa shape index (κ1) is 10.9. The Morgan fingerprint density at radius 3 is 3.06 bits per heavy atom. The molecule has 1 aliphatic rings. The zero-order valence-electron chi connectivity index (χ0n) is 10.2. The Kier molecular flexibility index (Phi) is 2.73. The second-order valence-electron chi connectivity index (χ2n) is 4.63. The minimum atomic E-state index is 0.454. The van der Waals surface area contributed by atoms with E-state index in [0.29, 0.717) is 6.04 Å². The lowest BCUT2D eigenvalue weighted by molar-refractivity contribution is 0.545. The minimum absolute atomic E-state index is 0.454. The van der Waals surface area contributed by atoms with Gasteiger partial charge in [0.2, 0.25) is 0 Å². The topological polar surface area (TPSA) is 24.9 Å². The van der Waals surface area contributed by atoms with Crippen LogP contribution in [0.1, 0.15) is 29.1 Å². The molecule has 0 saturated carbocycles. The van der Waals surface area contributed by atoms with Crippen LogP contribution < -0.4 is 5.32 Å². The van der Waals surface area contributed by atoms with Gasteiger partial charge in [-0.15, -0.1) is 11.3 Å². The molecule has 1 unspecified atom stereocenters. The van der Waals surface area contributed by atoms with Gasteiger partial charge in [0, 0.05) is 29.4 Å². The third-order valence-corrected chi connectivity index (χ3v) is 4.53. The first-order valence-electron chi connectivity index (χ1n) is 6.04. The number of benzene rings is 1. The number of nitrogens with zero attached hydrogens (tertiary/aromatic N) is 1. The summed E-state index contributed by atoms with van der Waals surface area (Å²) in [4.78, 5) is 6.20. The smallest absolute Gasteiger partial charge is 0.123 e. The van der Waals surface area contributed by atoms with Crippen molar-refractivity contribution >= 4 is 11.3 Å². The molecule has 0 amide bonds. The fourth-order valence-corrected chi connectivity index (χ4v) is 3.42. The fourth-order valence-electron chi connectivity index (χ4n) is 2.28. The second kappa shape index (κ2) is 4.24. The molecule has 2 heterocycles. The molecule has 3 heteroatoms. The van der Waals surface area contributed by atoms with Crippen LogP contribution in [-0.2, 0) is 6.42 Å². The van der Waals surface area contributed by atoms with Crippen molar-refractivity contribution in [2.24, 2.45) is 0 Å². The largest absolute Gasteiger partial charge is 0.309 e. The molecular formula is C14H16N2S. The summed E-state index contributed by atoms with van der Waals surface area (Å²) in [7, 11) is 0. The average molecular weight is 244 g/mol. The summed E-state index contributed by atoms with van der Waals surface area (Å²) >= 11 is 1.83. The predicted octanol–water partition coefficient (Wildman–Crippen LogP) is 3.33. The molecule has 0 saturated heterocycles. The van der Waals surface area contributed by atoms with E-state index in [9.17, 15) is 0 Å². The SMILES string of the molecule is Cc1cccc(-c2nc3c(s2)C(C)NCC3)c1. The summed E-state index contributed by atoms with van der Waals surface area (Å²) in [5.41, 5.74) is 3.83. The molecule has 88 valence electrons. The van der Waals surface area contributed by atoms with Crippen LogP contribution in [0.15, 0.2) is 24.3 Å². The van der Waals surface area contributed by atoms with Crippen molar-refractivity contribution in [2.75, 3.05) is 6.54 Å². The van der Waals surface area contributed by atoms with Crippen LogP contribution in [0.25, 0.3) is 10.6 Å².